The number of nitrogens with zero attached hydrogens (tertiary/aromatic N) is 1. The molecular formula is C14H21ClN2O. The maximum atomic E-state index is 10.1. The quantitative estimate of drug-likeness (QED) is 0.807. The van der Waals surface area contributed by atoms with E-state index in [0.29, 0.717) is 17.6 Å². The van der Waals surface area contributed by atoms with Crippen LogP contribution < -0.4 is 5.32 Å². The zero-order valence-electron chi connectivity index (χ0n) is 10.8. The highest BCUT2D eigenvalue weighted by Gasteiger charge is 2.23. The first-order chi connectivity index (χ1) is 8.68. The highest BCUT2D eigenvalue weighted by molar-refractivity contribution is 6.30. The van der Waals surface area contributed by atoms with E-state index in [2.05, 4.69) is 10.3 Å². The highest BCUT2D eigenvalue weighted by atomic mass is 35.5. The summed E-state index contributed by atoms with van der Waals surface area (Å²) in [6, 6.07) is 3.96. The topological polar surface area (TPSA) is 45.1 Å². The van der Waals surface area contributed by atoms with Crippen molar-refractivity contribution in [3.63, 3.8) is 0 Å². The summed E-state index contributed by atoms with van der Waals surface area (Å²) < 4.78 is 0. The fourth-order valence-corrected chi connectivity index (χ4v) is 2.92. The predicted molar refractivity (Wildman–Crippen MR) is 73.6 cm³/mol. The Morgan fingerprint density at radius 2 is 2.22 bits per heavy atom. The number of nitrogens with one attached hydrogen (secondary N) is 1. The Morgan fingerprint density at radius 1 is 1.50 bits per heavy atom. The molecule has 1 fully saturated rings. The van der Waals surface area contributed by atoms with Gasteiger partial charge in [0.25, 0.3) is 0 Å². The lowest BCUT2D eigenvalue weighted by molar-refractivity contribution is 0.106. The molecule has 2 rings (SSSR count). The third kappa shape index (κ3) is 3.44. The number of pyridine rings is 1. The second-order valence-corrected chi connectivity index (χ2v) is 5.48. The monoisotopic (exact) mass is 268 g/mol. The SMILES string of the molecule is CC(NCC(O)C1CCCC1)c1cccnc1Cl. The van der Waals surface area contributed by atoms with Gasteiger partial charge in [-0.1, -0.05) is 30.5 Å². The van der Waals surface area contributed by atoms with Crippen LogP contribution in [0.3, 0.4) is 0 Å². The van der Waals surface area contributed by atoms with E-state index in [0.717, 1.165) is 18.4 Å². The maximum absolute atomic E-state index is 10.1. The molecule has 1 aromatic rings. The molecule has 1 aliphatic carbocycles. The van der Waals surface area contributed by atoms with Gasteiger partial charge in [0.15, 0.2) is 0 Å². The Labute approximate surface area is 114 Å². The average molecular weight is 269 g/mol. The summed E-state index contributed by atoms with van der Waals surface area (Å²) in [5.41, 5.74) is 0.984. The van der Waals surface area contributed by atoms with Crippen LogP contribution in [-0.2, 0) is 0 Å². The number of aliphatic hydroxyl groups excluding tert-OH is 1. The van der Waals surface area contributed by atoms with Gasteiger partial charge >= 0.3 is 0 Å². The van der Waals surface area contributed by atoms with Crippen molar-refractivity contribution < 1.29 is 5.11 Å². The van der Waals surface area contributed by atoms with Gasteiger partial charge in [-0.3, -0.25) is 0 Å². The van der Waals surface area contributed by atoms with Crippen molar-refractivity contribution in [2.45, 2.75) is 44.8 Å². The summed E-state index contributed by atoms with van der Waals surface area (Å²) in [6.45, 7) is 2.67. The molecule has 2 N–H and O–H groups in total. The Hall–Kier alpha value is -0.640. The van der Waals surface area contributed by atoms with Crippen molar-refractivity contribution in [2.24, 2.45) is 5.92 Å². The zero-order valence-corrected chi connectivity index (χ0v) is 11.5. The number of rotatable bonds is 5. The van der Waals surface area contributed by atoms with Crippen molar-refractivity contribution in [1.29, 1.82) is 0 Å². The van der Waals surface area contributed by atoms with Gasteiger partial charge < -0.3 is 10.4 Å². The van der Waals surface area contributed by atoms with E-state index in [1.165, 1.54) is 12.8 Å². The Morgan fingerprint density at radius 3 is 2.89 bits per heavy atom. The van der Waals surface area contributed by atoms with Crippen molar-refractivity contribution in [2.75, 3.05) is 6.54 Å². The molecule has 0 radical (unpaired) electrons. The molecule has 1 aliphatic rings. The van der Waals surface area contributed by atoms with Crippen molar-refractivity contribution >= 4 is 11.6 Å². The number of aromatic nitrogens is 1. The average Bonchev–Trinajstić information content (AvgIpc) is 2.90. The van der Waals surface area contributed by atoms with Crippen LogP contribution in [0.1, 0.15) is 44.2 Å². The lowest BCUT2D eigenvalue weighted by Gasteiger charge is -2.21. The lowest BCUT2D eigenvalue weighted by atomic mass is 10.0. The van der Waals surface area contributed by atoms with E-state index in [9.17, 15) is 5.11 Å². The minimum absolute atomic E-state index is 0.113. The van der Waals surface area contributed by atoms with Gasteiger partial charge in [0.2, 0.25) is 0 Å². The molecular weight excluding hydrogens is 248 g/mol. The molecule has 18 heavy (non-hydrogen) atoms. The molecule has 0 amide bonds. The Bertz CT molecular complexity index is 380. The Kier molecular flexibility index (Phi) is 4.98. The molecule has 1 saturated carbocycles. The van der Waals surface area contributed by atoms with Crippen LogP contribution in [0.15, 0.2) is 18.3 Å². The van der Waals surface area contributed by atoms with Crippen molar-refractivity contribution in [1.82, 2.24) is 10.3 Å². The van der Waals surface area contributed by atoms with Gasteiger partial charge in [-0.05, 0) is 31.7 Å². The summed E-state index contributed by atoms with van der Waals surface area (Å²) in [5, 5.41) is 14.0. The van der Waals surface area contributed by atoms with Crippen LogP contribution >= 0.6 is 11.6 Å². The molecule has 4 heteroatoms. The molecule has 1 heterocycles. The summed E-state index contributed by atoms with van der Waals surface area (Å²) in [4.78, 5) is 4.07. The Balaban J connectivity index is 1.84. The number of aliphatic hydroxyl groups is 1. The minimum atomic E-state index is -0.245. The molecule has 0 aliphatic heterocycles. The number of halogens is 1. The largest absolute Gasteiger partial charge is 0.392 e. The molecule has 0 aromatic carbocycles. The minimum Gasteiger partial charge on any atom is -0.392 e. The molecule has 3 nitrogen and oxygen atoms in total. The second kappa shape index (κ2) is 6.50. The van der Waals surface area contributed by atoms with Crippen LogP contribution in [0.25, 0.3) is 0 Å². The normalized spacial score (nSPS) is 19.9. The fourth-order valence-electron chi connectivity index (χ4n) is 2.64. The zero-order chi connectivity index (χ0) is 13.0. The maximum Gasteiger partial charge on any atom is 0.133 e. The molecule has 100 valence electrons. The molecule has 0 saturated heterocycles. The molecule has 2 unspecified atom stereocenters. The van der Waals surface area contributed by atoms with E-state index in [4.69, 9.17) is 11.6 Å². The third-order valence-corrected chi connectivity index (χ3v) is 4.15. The highest BCUT2D eigenvalue weighted by Crippen LogP contribution is 2.28. The first kappa shape index (κ1) is 13.8. The smallest absolute Gasteiger partial charge is 0.133 e. The summed E-state index contributed by atoms with van der Waals surface area (Å²) in [5.74, 6) is 0.467. The summed E-state index contributed by atoms with van der Waals surface area (Å²) in [6.07, 6.45) is 6.27. The standard InChI is InChI=1S/C14H21ClN2O/c1-10(12-7-4-8-16-14(12)15)17-9-13(18)11-5-2-3-6-11/h4,7-8,10-11,13,17-18H,2-3,5-6,9H2,1H3. The summed E-state index contributed by atoms with van der Waals surface area (Å²) >= 11 is 6.05. The van der Waals surface area contributed by atoms with Crippen LogP contribution in [0.2, 0.25) is 5.15 Å². The summed E-state index contributed by atoms with van der Waals surface area (Å²) in [7, 11) is 0. The molecule has 0 spiro atoms. The first-order valence-electron chi connectivity index (χ1n) is 6.70. The lowest BCUT2D eigenvalue weighted by Crippen LogP contribution is -2.33. The van der Waals surface area contributed by atoms with Crippen LogP contribution in [0.5, 0.6) is 0 Å². The van der Waals surface area contributed by atoms with Gasteiger partial charge in [-0.25, -0.2) is 4.98 Å². The van der Waals surface area contributed by atoms with Crippen LogP contribution in [-0.4, -0.2) is 22.7 Å². The number of hydrogen-bond donors (Lipinski definition) is 2. The first-order valence-corrected chi connectivity index (χ1v) is 7.08. The molecule has 0 bridgehead atoms. The number of hydrogen-bond acceptors (Lipinski definition) is 3. The van der Waals surface area contributed by atoms with Crippen molar-refractivity contribution in [3.05, 3.63) is 29.0 Å². The van der Waals surface area contributed by atoms with E-state index < -0.39 is 0 Å². The van der Waals surface area contributed by atoms with E-state index in [-0.39, 0.29) is 12.1 Å². The van der Waals surface area contributed by atoms with Crippen LogP contribution in [0, 0.1) is 5.92 Å². The molecule has 1 aromatic heterocycles. The van der Waals surface area contributed by atoms with Gasteiger partial charge in [-0.15, -0.1) is 0 Å². The van der Waals surface area contributed by atoms with Gasteiger partial charge in [0.1, 0.15) is 5.15 Å². The second-order valence-electron chi connectivity index (χ2n) is 5.13. The van der Waals surface area contributed by atoms with Crippen molar-refractivity contribution in [3.8, 4) is 0 Å². The fraction of sp³-hybridized carbons (Fsp3) is 0.643. The van der Waals surface area contributed by atoms with E-state index in [1.54, 1.807) is 6.20 Å². The van der Waals surface area contributed by atoms with E-state index in [1.807, 2.05) is 19.1 Å². The van der Waals surface area contributed by atoms with Gasteiger partial charge in [-0.2, -0.15) is 0 Å². The van der Waals surface area contributed by atoms with E-state index >= 15 is 0 Å². The van der Waals surface area contributed by atoms with Crippen LogP contribution in [0.4, 0.5) is 0 Å². The van der Waals surface area contributed by atoms with Gasteiger partial charge in [0.05, 0.1) is 6.10 Å². The van der Waals surface area contributed by atoms with Gasteiger partial charge in [0, 0.05) is 24.3 Å². The predicted octanol–water partition coefficient (Wildman–Crippen LogP) is 2.94. The molecule has 2 atom stereocenters. The third-order valence-electron chi connectivity index (χ3n) is 3.83.